The van der Waals surface area contributed by atoms with Crippen LogP contribution in [0.5, 0.6) is 0 Å². The van der Waals surface area contributed by atoms with Gasteiger partial charge in [0.1, 0.15) is 12.2 Å². The summed E-state index contributed by atoms with van der Waals surface area (Å²) in [5, 5.41) is 0. The lowest BCUT2D eigenvalue weighted by Crippen LogP contribution is -2.70. The molecule has 2 aromatic rings. The van der Waals surface area contributed by atoms with Crippen LogP contribution in [0.2, 0.25) is 0 Å². The van der Waals surface area contributed by atoms with Crippen LogP contribution in [0, 0.1) is 50.2 Å². The SMILES string of the molecule is C=CCOC(=O)[C@]1(C)[C@@H](NNC(=O)OC(C)(C)C)CC[C@@]2(C)[C@H]1CC[C@]1(C)[C@@H]2C(=O)C=C2[C@@H]3C[C@@](C)(C(=O)OC(c4ccccc4)c4ccccc4)CC[C@]3(C)CC[C@]21C. The standard InChI is InChI=1S/C51H68N2O7/c1-11-30-58-43(56)51(10)38-22-25-50(9)41(48(38,7)24-23-39(51)52-53-44(57)60-45(2,3)4)37(54)31-35-36-32-47(6,27-26-46(36,5)28-29-49(35,50)8)42(55)59-40(33-18-14-12-15-19-33)34-20-16-13-17-21-34/h11-21,31,36,38-41,52H,1,22-30,32H2,2-10H3,(H,53,57)/t36-,38+,39-,41+,46+,47-,48-,49+,50+,51-/m0/s1. The molecule has 4 fully saturated rings. The molecule has 0 radical (unpaired) electrons. The minimum Gasteiger partial charge on any atom is -0.461 e. The first-order chi connectivity index (χ1) is 28.2. The maximum Gasteiger partial charge on any atom is 0.422 e. The van der Waals surface area contributed by atoms with Crippen LogP contribution >= 0.6 is 0 Å². The molecule has 0 bridgehead atoms. The molecule has 10 atom stereocenters. The van der Waals surface area contributed by atoms with Gasteiger partial charge in [0.15, 0.2) is 11.9 Å². The Morgan fingerprint density at radius 2 is 1.45 bits per heavy atom. The lowest BCUT2D eigenvalue weighted by molar-refractivity contribution is -0.204. The first-order valence-electron chi connectivity index (χ1n) is 22.2. The second kappa shape index (κ2) is 15.6. The van der Waals surface area contributed by atoms with Crippen molar-refractivity contribution in [3.63, 3.8) is 0 Å². The van der Waals surface area contributed by atoms with Crippen molar-refractivity contribution in [1.29, 1.82) is 0 Å². The third-order valence-electron chi connectivity index (χ3n) is 16.7. The summed E-state index contributed by atoms with van der Waals surface area (Å²) >= 11 is 0. The van der Waals surface area contributed by atoms with Gasteiger partial charge in [0.25, 0.3) is 0 Å². The molecule has 5 aliphatic carbocycles. The Hall–Kier alpha value is -4.24. The van der Waals surface area contributed by atoms with E-state index in [1.54, 1.807) is 26.8 Å². The number of carbonyl (C=O) groups is 4. The van der Waals surface area contributed by atoms with Crippen molar-refractivity contribution in [2.75, 3.05) is 6.61 Å². The highest BCUT2D eigenvalue weighted by Crippen LogP contribution is 2.75. The number of allylic oxidation sites excluding steroid dienone is 2. The maximum absolute atomic E-state index is 15.2. The first-order valence-corrected chi connectivity index (χ1v) is 22.2. The Kier molecular flexibility index (Phi) is 11.4. The summed E-state index contributed by atoms with van der Waals surface area (Å²) in [7, 11) is 0. The van der Waals surface area contributed by atoms with Crippen molar-refractivity contribution in [3.8, 4) is 0 Å². The Morgan fingerprint density at radius 3 is 2.05 bits per heavy atom. The van der Waals surface area contributed by atoms with Gasteiger partial charge in [-0.2, -0.15) is 0 Å². The molecule has 0 heterocycles. The fraction of sp³-hybridized carbons (Fsp3) is 0.608. The second-order valence-electron chi connectivity index (χ2n) is 21.4. The molecule has 0 aliphatic heterocycles. The molecule has 0 aromatic heterocycles. The van der Waals surface area contributed by atoms with Crippen molar-refractivity contribution >= 4 is 23.8 Å². The molecule has 0 saturated heterocycles. The Morgan fingerprint density at radius 1 is 0.833 bits per heavy atom. The molecular weight excluding hydrogens is 753 g/mol. The summed E-state index contributed by atoms with van der Waals surface area (Å²) in [6, 6.07) is 19.5. The minimum atomic E-state index is -1.06. The van der Waals surface area contributed by atoms with Crippen molar-refractivity contribution < 1.29 is 33.4 Å². The summed E-state index contributed by atoms with van der Waals surface area (Å²) in [6.07, 6.45) is 9.33. The van der Waals surface area contributed by atoms with E-state index in [1.165, 1.54) is 5.57 Å². The third-order valence-corrected chi connectivity index (χ3v) is 16.7. The molecule has 2 N–H and O–H groups in total. The number of hydrazine groups is 1. The quantitative estimate of drug-likeness (QED) is 0.111. The number of ketones is 1. The number of hydrogen-bond acceptors (Lipinski definition) is 8. The van der Waals surface area contributed by atoms with E-state index < -0.39 is 40.1 Å². The van der Waals surface area contributed by atoms with Crippen LogP contribution in [0.4, 0.5) is 4.79 Å². The molecule has 9 nitrogen and oxygen atoms in total. The average molecular weight is 821 g/mol. The molecule has 5 aliphatic rings. The van der Waals surface area contributed by atoms with E-state index in [2.05, 4.69) is 52.0 Å². The number of rotatable bonds is 9. The van der Waals surface area contributed by atoms with Crippen molar-refractivity contribution in [1.82, 2.24) is 10.9 Å². The Labute approximate surface area is 357 Å². The van der Waals surface area contributed by atoms with Gasteiger partial charge in [-0.3, -0.25) is 19.8 Å². The minimum absolute atomic E-state index is 0.0414. The van der Waals surface area contributed by atoms with Crippen molar-refractivity contribution in [2.24, 2.45) is 50.2 Å². The van der Waals surface area contributed by atoms with Gasteiger partial charge in [0, 0.05) is 12.0 Å². The van der Waals surface area contributed by atoms with Gasteiger partial charge in [-0.05, 0) is 143 Å². The van der Waals surface area contributed by atoms with Crippen molar-refractivity contribution in [2.45, 2.75) is 138 Å². The predicted octanol–water partition coefficient (Wildman–Crippen LogP) is 10.4. The lowest BCUT2D eigenvalue weighted by Gasteiger charge is -2.70. The molecule has 0 unspecified atom stereocenters. The van der Waals surface area contributed by atoms with Gasteiger partial charge in [0.05, 0.1) is 10.8 Å². The molecule has 7 rings (SSSR count). The summed E-state index contributed by atoms with van der Waals surface area (Å²) in [4.78, 5) is 57.0. The van der Waals surface area contributed by atoms with Gasteiger partial charge in [-0.15, -0.1) is 0 Å². The number of nitrogens with one attached hydrogen (secondary N) is 2. The fourth-order valence-electron chi connectivity index (χ4n) is 13.1. The molecule has 0 spiro atoms. The highest BCUT2D eigenvalue weighted by molar-refractivity contribution is 5.96. The normalized spacial score (nSPS) is 37.2. The van der Waals surface area contributed by atoms with E-state index >= 15 is 4.79 Å². The lowest BCUT2D eigenvalue weighted by atomic mass is 9.33. The van der Waals surface area contributed by atoms with Crippen LogP contribution in [0.15, 0.2) is 85.0 Å². The molecular formula is C51H68N2O7. The van der Waals surface area contributed by atoms with Crippen LogP contribution in [-0.2, 0) is 28.6 Å². The average Bonchev–Trinajstić information content (AvgIpc) is 3.20. The number of esters is 2. The van der Waals surface area contributed by atoms with Crippen LogP contribution in [-0.4, -0.2) is 42.1 Å². The fourth-order valence-corrected chi connectivity index (χ4v) is 13.1. The number of fused-ring (bicyclic) bond motifs is 7. The van der Waals surface area contributed by atoms with Gasteiger partial charge < -0.3 is 14.2 Å². The summed E-state index contributed by atoms with van der Waals surface area (Å²) in [5.41, 5.74) is 5.23. The van der Waals surface area contributed by atoms with Gasteiger partial charge in [-0.1, -0.05) is 107 Å². The van der Waals surface area contributed by atoms with E-state index in [4.69, 9.17) is 14.2 Å². The third kappa shape index (κ3) is 7.24. The zero-order valence-corrected chi connectivity index (χ0v) is 37.5. The molecule has 4 saturated carbocycles. The number of hydrogen-bond donors (Lipinski definition) is 2. The van der Waals surface area contributed by atoms with Crippen molar-refractivity contribution in [3.05, 3.63) is 96.1 Å². The van der Waals surface area contributed by atoms with Crippen LogP contribution in [0.1, 0.15) is 137 Å². The smallest absolute Gasteiger partial charge is 0.422 e. The largest absolute Gasteiger partial charge is 0.461 e. The Balaban J connectivity index is 1.20. The van der Waals surface area contributed by atoms with E-state index in [9.17, 15) is 14.4 Å². The van der Waals surface area contributed by atoms with E-state index in [0.717, 1.165) is 49.7 Å². The zero-order chi connectivity index (χ0) is 43.5. The van der Waals surface area contributed by atoms with Crippen LogP contribution in [0.3, 0.4) is 0 Å². The highest BCUT2D eigenvalue weighted by Gasteiger charge is 2.72. The second-order valence-corrected chi connectivity index (χ2v) is 21.4. The summed E-state index contributed by atoms with van der Waals surface area (Å²) in [6.45, 7) is 22.6. The highest BCUT2D eigenvalue weighted by atomic mass is 16.6. The zero-order valence-electron chi connectivity index (χ0n) is 37.5. The number of benzene rings is 2. The molecule has 2 aromatic carbocycles. The topological polar surface area (TPSA) is 120 Å². The predicted molar refractivity (Wildman–Crippen MR) is 232 cm³/mol. The number of ether oxygens (including phenoxy) is 3. The molecule has 324 valence electrons. The van der Waals surface area contributed by atoms with Gasteiger partial charge in [-0.25, -0.2) is 10.2 Å². The van der Waals surface area contributed by atoms with Crippen LogP contribution < -0.4 is 10.9 Å². The number of carbonyl (C=O) groups excluding carboxylic acids is 4. The number of amides is 1. The Bertz CT molecular complexity index is 1990. The monoisotopic (exact) mass is 821 g/mol. The molecule has 60 heavy (non-hydrogen) atoms. The van der Waals surface area contributed by atoms with E-state index in [1.807, 2.05) is 73.7 Å². The molecule has 9 heteroatoms. The van der Waals surface area contributed by atoms with Gasteiger partial charge >= 0.3 is 18.0 Å². The van der Waals surface area contributed by atoms with E-state index in [-0.39, 0.29) is 58.3 Å². The first kappa shape index (κ1) is 43.8. The summed E-state index contributed by atoms with van der Waals surface area (Å²) in [5.74, 6) is -0.920. The molecule has 1 amide bonds. The maximum atomic E-state index is 15.2. The summed E-state index contributed by atoms with van der Waals surface area (Å²) < 4.78 is 17.9. The van der Waals surface area contributed by atoms with E-state index in [0.29, 0.717) is 19.3 Å². The van der Waals surface area contributed by atoms with Gasteiger partial charge in [0.2, 0.25) is 0 Å². The van der Waals surface area contributed by atoms with Crippen LogP contribution in [0.25, 0.3) is 0 Å².